The van der Waals surface area contributed by atoms with Gasteiger partial charge in [0.15, 0.2) is 0 Å². The molecule has 0 saturated heterocycles. The standard InChI is InChI=1S/C18H22N4O2S/c1-22(2)18-19-13-15-16(20-18)9-6-10-17(15)21-25(23,24)12-11-14-7-4-3-5-8-14/h3-5,7-8,11-13,17,21H,6,9-10H2,1-2H3/b12-11+. The lowest BCUT2D eigenvalue weighted by Crippen LogP contribution is -2.30. The van der Waals surface area contributed by atoms with E-state index in [9.17, 15) is 8.42 Å². The number of hydrogen-bond donors (Lipinski definition) is 1. The van der Waals surface area contributed by atoms with Crippen molar-refractivity contribution in [3.05, 3.63) is 58.8 Å². The molecule has 1 aromatic carbocycles. The van der Waals surface area contributed by atoms with Gasteiger partial charge < -0.3 is 4.90 Å². The van der Waals surface area contributed by atoms with Crippen LogP contribution >= 0.6 is 0 Å². The van der Waals surface area contributed by atoms with Crippen LogP contribution in [0.25, 0.3) is 6.08 Å². The van der Waals surface area contributed by atoms with E-state index >= 15 is 0 Å². The fourth-order valence-electron chi connectivity index (χ4n) is 2.84. The van der Waals surface area contributed by atoms with Gasteiger partial charge in [0.25, 0.3) is 0 Å². The van der Waals surface area contributed by atoms with Crippen LogP contribution in [-0.4, -0.2) is 32.5 Å². The Morgan fingerprint density at radius 2 is 2.00 bits per heavy atom. The third kappa shape index (κ3) is 4.43. The molecule has 1 aliphatic rings. The van der Waals surface area contributed by atoms with Crippen LogP contribution in [0.3, 0.4) is 0 Å². The average molecular weight is 358 g/mol. The molecule has 7 heteroatoms. The highest BCUT2D eigenvalue weighted by Gasteiger charge is 2.25. The maximum atomic E-state index is 12.4. The van der Waals surface area contributed by atoms with Gasteiger partial charge in [-0.2, -0.15) is 0 Å². The van der Waals surface area contributed by atoms with Crippen LogP contribution in [0.15, 0.2) is 41.9 Å². The molecule has 3 rings (SSSR count). The van der Waals surface area contributed by atoms with Crippen LogP contribution in [-0.2, 0) is 16.4 Å². The third-order valence-electron chi connectivity index (χ3n) is 4.11. The Kier molecular flexibility index (Phi) is 5.15. The summed E-state index contributed by atoms with van der Waals surface area (Å²) in [5, 5.41) is 1.21. The maximum Gasteiger partial charge on any atom is 0.234 e. The summed E-state index contributed by atoms with van der Waals surface area (Å²) in [6.45, 7) is 0. The Bertz CT molecular complexity index is 864. The van der Waals surface area contributed by atoms with Crippen LogP contribution < -0.4 is 9.62 Å². The summed E-state index contributed by atoms with van der Waals surface area (Å²) in [5.41, 5.74) is 2.63. The molecule has 1 heterocycles. The van der Waals surface area contributed by atoms with Crippen molar-refractivity contribution in [1.82, 2.24) is 14.7 Å². The summed E-state index contributed by atoms with van der Waals surface area (Å²) in [4.78, 5) is 10.7. The Morgan fingerprint density at radius 1 is 1.24 bits per heavy atom. The van der Waals surface area contributed by atoms with E-state index in [4.69, 9.17) is 0 Å². The Hall–Kier alpha value is -2.25. The summed E-state index contributed by atoms with van der Waals surface area (Å²) < 4.78 is 27.6. The quantitative estimate of drug-likeness (QED) is 0.889. The van der Waals surface area contributed by atoms with E-state index in [1.165, 1.54) is 5.41 Å². The van der Waals surface area contributed by atoms with Gasteiger partial charge in [-0.05, 0) is 30.9 Å². The van der Waals surface area contributed by atoms with E-state index in [0.717, 1.165) is 36.1 Å². The number of hydrogen-bond acceptors (Lipinski definition) is 5. The fraction of sp³-hybridized carbons (Fsp3) is 0.333. The summed E-state index contributed by atoms with van der Waals surface area (Å²) in [7, 11) is 0.231. The molecule has 1 unspecified atom stereocenters. The second-order valence-electron chi connectivity index (χ2n) is 6.29. The molecule has 0 amide bonds. The molecule has 0 aliphatic heterocycles. The molecular weight excluding hydrogens is 336 g/mol. The van der Waals surface area contributed by atoms with Gasteiger partial charge in [-0.3, -0.25) is 0 Å². The zero-order valence-electron chi connectivity index (χ0n) is 14.4. The number of sulfonamides is 1. The normalized spacial score (nSPS) is 17.4. The van der Waals surface area contributed by atoms with E-state index in [1.54, 1.807) is 12.3 Å². The van der Waals surface area contributed by atoms with Crippen molar-refractivity contribution in [3.8, 4) is 0 Å². The first-order valence-electron chi connectivity index (χ1n) is 8.23. The lowest BCUT2D eigenvalue weighted by Gasteiger charge is -2.25. The second kappa shape index (κ2) is 7.33. The highest BCUT2D eigenvalue weighted by molar-refractivity contribution is 7.92. The number of aryl methyl sites for hydroxylation is 1. The molecule has 132 valence electrons. The minimum atomic E-state index is -3.55. The smallest absolute Gasteiger partial charge is 0.234 e. The van der Waals surface area contributed by atoms with Crippen LogP contribution in [0, 0.1) is 0 Å². The molecule has 1 aromatic heterocycles. The van der Waals surface area contributed by atoms with Crippen LogP contribution in [0.2, 0.25) is 0 Å². The van der Waals surface area contributed by atoms with E-state index < -0.39 is 10.0 Å². The summed E-state index contributed by atoms with van der Waals surface area (Å²) in [6.07, 6.45) is 5.82. The van der Waals surface area contributed by atoms with Gasteiger partial charge in [-0.1, -0.05) is 30.3 Å². The van der Waals surface area contributed by atoms with Gasteiger partial charge >= 0.3 is 0 Å². The third-order valence-corrected chi connectivity index (χ3v) is 5.22. The Balaban J connectivity index is 1.79. The van der Waals surface area contributed by atoms with Crippen molar-refractivity contribution in [2.24, 2.45) is 0 Å². The van der Waals surface area contributed by atoms with Gasteiger partial charge in [0.05, 0.1) is 11.7 Å². The van der Waals surface area contributed by atoms with Crippen LogP contribution in [0.5, 0.6) is 0 Å². The monoisotopic (exact) mass is 358 g/mol. The number of rotatable bonds is 5. The highest BCUT2D eigenvalue weighted by Crippen LogP contribution is 2.29. The molecule has 0 saturated carbocycles. The van der Waals surface area contributed by atoms with Crippen molar-refractivity contribution >= 4 is 22.0 Å². The lowest BCUT2D eigenvalue weighted by atomic mass is 9.93. The zero-order valence-corrected chi connectivity index (χ0v) is 15.2. The number of benzene rings is 1. The molecule has 0 spiro atoms. The van der Waals surface area contributed by atoms with Crippen molar-refractivity contribution in [2.45, 2.75) is 25.3 Å². The number of nitrogens with zero attached hydrogens (tertiary/aromatic N) is 3. The SMILES string of the molecule is CN(C)c1ncc2c(n1)CCCC2NS(=O)(=O)/C=C/c1ccccc1. The minimum absolute atomic E-state index is 0.287. The van der Waals surface area contributed by atoms with E-state index in [0.29, 0.717) is 5.95 Å². The predicted molar refractivity (Wildman–Crippen MR) is 99.6 cm³/mol. The van der Waals surface area contributed by atoms with Gasteiger partial charge in [0, 0.05) is 31.3 Å². The summed E-state index contributed by atoms with van der Waals surface area (Å²) in [5.74, 6) is 0.645. The topological polar surface area (TPSA) is 75.2 Å². The minimum Gasteiger partial charge on any atom is -0.347 e. The Morgan fingerprint density at radius 3 is 2.72 bits per heavy atom. The molecular formula is C18H22N4O2S. The van der Waals surface area contributed by atoms with Gasteiger partial charge in [-0.15, -0.1) is 0 Å². The molecule has 0 bridgehead atoms. The molecule has 2 aromatic rings. The van der Waals surface area contributed by atoms with Crippen molar-refractivity contribution in [1.29, 1.82) is 0 Å². The van der Waals surface area contributed by atoms with Gasteiger partial charge in [0.1, 0.15) is 0 Å². The van der Waals surface area contributed by atoms with Crippen LogP contribution in [0.4, 0.5) is 5.95 Å². The largest absolute Gasteiger partial charge is 0.347 e. The van der Waals surface area contributed by atoms with Gasteiger partial charge in [-0.25, -0.2) is 23.1 Å². The Labute approximate surface area is 148 Å². The summed E-state index contributed by atoms with van der Waals surface area (Å²) >= 11 is 0. The maximum absolute atomic E-state index is 12.4. The molecule has 1 aliphatic carbocycles. The zero-order chi connectivity index (χ0) is 17.9. The van der Waals surface area contributed by atoms with Crippen molar-refractivity contribution in [3.63, 3.8) is 0 Å². The molecule has 0 radical (unpaired) electrons. The molecule has 0 fully saturated rings. The number of anilines is 1. The van der Waals surface area contributed by atoms with Crippen molar-refractivity contribution in [2.75, 3.05) is 19.0 Å². The first-order chi connectivity index (χ1) is 11.9. The molecule has 1 atom stereocenters. The van der Waals surface area contributed by atoms with E-state index in [2.05, 4.69) is 14.7 Å². The van der Waals surface area contributed by atoms with Gasteiger partial charge in [0.2, 0.25) is 16.0 Å². The number of nitrogens with one attached hydrogen (secondary N) is 1. The molecule has 6 nitrogen and oxygen atoms in total. The molecule has 25 heavy (non-hydrogen) atoms. The van der Waals surface area contributed by atoms with Crippen molar-refractivity contribution < 1.29 is 8.42 Å². The first-order valence-corrected chi connectivity index (χ1v) is 9.78. The van der Waals surface area contributed by atoms with Crippen LogP contribution in [0.1, 0.15) is 35.7 Å². The lowest BCUT2D eigenvalue weighted by molar-refractivity contribution is 0.504. The number of fused-ring (bicyclic) bond motifs is 1. The number of aromatic nitrogens is 2. The fourth-order valence-corrected chi connectivity index (χ4v) is 3.90. The van der Waals surface area contributed by atoms with E-state index in [-0.39, 0.29) is 6.04 Å². The molecule has 1 N–H and O–H groups in total. The second-order valence-corrected chi connectivity index (χ2v) is 7.89. The predicted octanol–water partition coefficient (Wildman–Crippen LogP) is 2.51. The average Bonchev–Trinajstić information content (AvgIpc) is 2.60. The summed E-state index contributed by atoms with van der Waals surface area (Å²) in [6, 6.07) is 9.07. The first kappa shape index (κ1) is 17.6. The van der Waals surface area contributed by atoms with E-state index in [1.807, 2.05) is 49.3 Å². The highest BCUT2D eigenvalue weighted by atomic mass is 32.2.